The van der Waals surface area contributed by atoms with E-state index in [0.717, 1.165) is 37.3 Å². The van der Waals surface area contributed by atoms with Crippen LogP contribution in [0.15, 0.2) is 54.6 Å². The Morgan fingerprint density at radius 2 is 1.78 bits per heavy atom. The Balaban J connectivity index is 0.00000192. The van der Waals surface area contributed by atoms with E-state index >= 15 is 0 Å². The highest BCUT2D eigenvalue weighted by Gasteiger charge is 2.18. The molecule has 0 bridgehead atoms. The molecule has 23 heavy (non-hydrogen) atoms. The molecule has 3 rings (SSSR count). The molecule has 0 aromatic heterocycles. The van der Waals surface area contributed by atoms with E-state index in [2.05, 4.69) is 16.0 Å². The third-order valence-electron chi connectivity index (χ3n) is 3.86. The van der Waals surface area contributed by atoms with Crippen molar-refractivity contribution in [2.75, 3.05) is 18.4 Å². The Morgan fingerprint density at radius 3 is 2.52 bits per heavy atom. The molecule has 0 radical (unpaired) electrons. The first-order chi connectivity index (χ1) is 10.8. The van der Waals surface area contributed by atoms with Crippen molar-refractivity contribution in [1.82, 2.24) is 10.6 Å². The lowest BCUT2D eigenvalue weighted by Crippen LogP contribution is -2.45. The van der Waals surface area contributed by atoms with Crippen LogP contribution in [-0.2, 0) is 0 Å². The molecule has 4 nitrogen and oxygen atoms in total. The summed E-state index contributed by atoms with van der Waals surface area (Å²) in [4.78, 5) is 12.5. The fourth-order valence-electron chi connectivity index (χ4n) is 2.71. The molecule has 1 unspecified atom stereocenters. The van der Waals surface area contributed by atoms with Crippen LogP contribution in [0.4, 0.5) is 11.4 Å². The van der Waals surface area contributed by atoms with Gasteiger partial charge < -0.3 is 16.0 Å². The van der Waals surface area contributed by atoms with Crippen molar-refractivity contribution in [3.8, 4) is 0 Å². The van der Waals surface area contributed by atoms with Crippen molar-refractivity contribution in [2.24, 2.45) is 0 Å². The molecule has 1 fully saturated rings. The molecule has 0 aliphatic carbocycles. The standard InChI is InChI=1S/C18H21N3O.ClH/c22-18(21-15-9-6-12-19-13-15)16-10-4-5-11-17(16)20-14-7-2-1-3-8-14;/h1-5,7-8,10-11,15,19-20H,6,9,12-13H2,(H,21,22);1H. The normalized spacial score (nSPS) is 17.0. The summed E-state index contributed by atoms with van der Waals surface area (Å²) < 4.78 is 0. The lowest BCUT2D eigenvalue weighted by atomic mass is 10.1. The molecule has 3 N–H and O–H groups in total. The molecular formula is C18H22ClN3O. The Kier molecular flexibility index (Phi) is 6.44. The van der Waals surface area contributed by atoms with Gasteiger partial charge in [-0.1, -0.05) is 30.3 Å². The van der Waals surface area contributed by atoms with Crippen LogP contribution in [0.3, 0.4) is 0 Å². The predicted octanol–water partition coefficient (Wildman–Crippen LogP) is 3.33. The largest absolute Gasteiger partial charge is 0.355 e. The number of carbonyl (C=O) groups is 1. The van der Waals surface area contributed by atoms with Crippen molar-refractivity contribution in [3.63, 3.8) is 0 Å². The van der Waals surface area contributed by atoms with Crippen molar-refractivity contribution in [2.45, 2.75) is 18.9 Å². The lowest BCUT2D eigenvalue weighted by molar-refractivity contribution is 0.0931. The zero-order chi connectivity index (χ0) is 15.2. The predicted molar refractivity (Wildman–Crippen MR) is 96.8 cm³/mol. The second-order valence-electron chi connectivity index (χ2n) is 5.55. The number of benzene rings is 2. The average Bonchev–Trinajstić information content (AvgIpc) is 2.57. The topological polar surface area (TPSA) is 53.2 Å². The molecule has 0 spiro atoms. The van der Waals surface area contributed by atoms with Crippen LogP contribution in [0.2, 0.25) is 0 Å². The molecule has 0 saturated carbocycles. The second-order valence-corrected chi connectivity index (χ2v) is 5.55. The third kappa shape index (κ3) is 4.71. The van der Waals surface area contributed by atoms with Crippen LogP contribution in [0.1, 0.15) is 23.2 Å². The molecule has 2 aromatic carbocycles. The van der Waals surface area contributed by atoms with Gasteiger partial charge in [0.1, 0.15) is 0 Å². The number of hydrogen-bond acceptors (Lipinski definition) is 3. The molecule has 1 amide bonds. The number of piperidine rings is 1. The fraction of sp³-hybridized carbons (Fsp3) is 0.278. The maximum Gasteiger partial charge on any atom is 0.253 e. The first kappa shape index (κ1) is 17.3. The first-order valence-corrected chi connectivity index (χ1v) is 7.75. The van der Waals surface area contributed by atoms with Crippen LogP contribution < -0.4 is 16.0 Å². The zero-order valence-electron chi connectivity index (χ0n) is 12.9. The van der Waals surface area contributed by atoms with E-state index in [1.54, 1.807) is 0 Å². The monoisotopic (exact) mass is 331 g/mol. The Bertz CT molecular complexity index is 627. The van der Waals surface area contributed by atoms with Gasteiger partial charge in [0.05, 0.1) is 11.3 Å². The van der Waals surface area contributed by atoms with Gasteiger partial charge in [-0.05, 0) is 43.7 Å². The number of para-hydroxylation sites is 2. The van der Waals surface area contributed by atoms with Gasteiger partial charge >= 0.3 is 0 Å². The van der Waals surface area contributed by atoms with Crippen molar-refractivity contribution in [1.29, 1.82) is 0 Å². The molecule has 1 aliphatic rings. The molecule has 2 aromatic rings. The molecule has 1 heterocycles. The van der Waals surface area contributed by atoms with Gasteiger partial charge in [0.25, 0.3) is 5.91 Å². The maximum atomic E-state index is 12.5. The summed E-state index contributed by atoms with van der Waals surface area (Å²) in [6.07, 6.45) is 2.14. The minimum absolute atomic E-state index is 0. The number of rotatable bonds is 4. The number of anilines is 2. The first-order valence-electron chi connectivity index (χ1n) is 7.75. The molecule has 1 aliphatic heterocycles. The quantitative estimate of drug-likeness (QED) is 0.805. The SMILES string of the molecule is Cl.O=C(NC1CCCNC1)c1ccccc1Nc1ccccc1. The second kappa shape index (κ2) is 8.56. The summed E-state index contributed by atoms with van der Waals surface area (Å²) in [6, 6.07) is 17.7. The number of halogens is 1. The smallest absolute Gasteiger partial charge is 0.253 e. The van der Waals surface area contributed by atoms with E-state index < -0.39 is 0 Å². The maximum absolute atomic E-state index is 12.5. The highest BCUT2D eigenvalue weighted by Crippen LogP contribution is 2.21. The van der Waals surface area contributed by atoms with Gasteiger partial charge in [-0.3, -0.25) is 4.79 Å². The Hall–Kier alpha value is -2.04. The summed E-state index contributed by atoms with van der Waals surface area (Å²) in [5, 5.41) is 9.75. The van der Waals surface area contributed by atoms with Crippen molar-refractivity contribution < 1.29 is 4.79 Å². The highest BCUT2D eigenvalue weighted by molar-refractivity contribution is 6.00. The van der Waals surface area contributed by atoms with Crippen LogP contribution in [0.25, 0.3) is 0 Å². The van der Waals surface area contributed by atoms with Crippen molar-refractivity contribution >= 4 is 29.7 Å². The van der Waals surface area contributed by atoms with Gasteiger partial charge in [0.15, 0.2) is 0 Å². The fourth-order valence-corrected chi connectivity index (χ4v) is 2.71. The summed E-state index contributed by atoms with van der Waals surface area (Å²) in [5.74, 6) is -0.0206. The third-order valence-corrected chi connectivity index (χ3v) is 3.86. The minimum atomic E-state index is -0.0206. The average molecular weight is 332 g/mol. The number of nitrogens with one attached hydrogen (secondary N) is 3. The molecular weight excluding hydrogens is 310 g/mol. The summed E-state index contributed by atoms with van der Waals surface area (Å²) >= 11 is 0. The van der Waals surface area contributed by atoms with Crippen LogP contribution in [-0.4, -0.2) is 25.0 Å². The van der Waals surface area contributed by atoms with Gasteiger partial charge in [-0.25, -0.2) is 0 Å². The van der Waals surface area contributed by atoms with Gasteiger partial charge in [0.2, 0.25) is 0 Å². The van der Waals surface area contributed by atoms with Crippen molar-refractivity contribution in [3.05, 3.63) is 60.2 Å². The van der Waals surface area contributed by atoms with E-state index in [9.17, 15) is 4.79 Å². The summed E-state index contributed by atoms with van der Waals surface area (Å²) in [7, 11) is 0. The van der Waals surface area contributed by atoms with Gasteiger partial charge in [0, 0.05) is 18.3 Å². The van der Waals surface area contributed by atoms with Gasteiger partial charge in [-0.2, -0.15) is 0 Å². The van der Waals surface area contributed by atoms with E-state index in [-0.39, 0.29) is 24.4 Å². The minimum Gasteiger partial charge on any atom is -0.355 e. The van der Waals surface area contributed by atoms with E-state index in [1.807, 2.05) is 54.6 Å². The van der Waals surface area contributed by atoms with Crippen LogP contribution in [0.5, 0.6) is 0 Å². The lowest BCUT2D eigenvalue weighted by Gasteiger charge is -2.24. The van der Waals surface area contributed by atoms with E-state index in [1.165, 1.54) is 0 Å². The highest BCUT2D eigenvalue weighted by atomic mass is 35.5. The number of carbonyl (C=O) groups excluding carboxylic acids is 1. The molecule has 5 heteroatoms. The molecule has 1 atom stereocenters. The molecule has 122 valence electrons. The van der Waals surface area contributed by atoms with E-state index in [0.29, 0.717) is 5.56 Å². The number of hydrogen-bond donors (Lipinski definition) is 3. The van der Waals surface area contributed by atoms with Crippen LogP contribution >= 0.6 is 12.4 Å². The Morgan fingerprint density at radius 1 is 1.04 bits per heavy atom. The Labute approximate surface area is 143 Å². The number of amides is 1. The van der Waals surface area contributed by atoms with E-state index in [4.69, 9.17) is 0 Å². The zero-order valence-corrected chi connectivity index (χ0v) is 13.7. The molecule has 1 saturated heterocycles. The van der Waals surface area contributed by atoms with Crippen LogP contribution in [0, 0.1) is 0 Å². The van der Waals surface area contributed by atoms with Gasteiger partial charge in [-0.15, -0.1) is 12.4 Å². The summed E-state index contributed by atoms with van der Waals surface area (Å²) in [5.41, 5.74) is 2.48. The summed E-state index contributed by atoms with van der Waals surface area (Å²) in [6.45, 7) is 1.89.